The van der Waals surface area contributed by atoms with Crippen LogP contribution in [-0.4, -0.2) is 9.13 Å². The van der Waals surface area contributed by atoms with Gasteiger partial charge in [-0.2, -0.15) is 0 Å². The lowest BCUT2D eigenvalue weighted by Gasteiger charge is -2.12. The summed E-state index contributed by atoms with van der Waals surface area (Å²) >= 11 is 1.85. The largest absolute Gasteiger partial charge is 0.309 e. The Morgan fingerprint density at radius 3 is 1.69 bits per heavy atom. The maximum absolute atomic E-state index is 4.22. The van der Waals surface area contributed by atoms with E-state index in [1.165, 1.54) is 108 Å². The molecule has 0 saturated heterocycles. The molecule has 54 heavy (non-hydrogen) atoms. The van der Waals surface area contributed by atoms with Crippen molar-refractivity contribution >= 4 is 98.7 Å². The predicted octanol–water partition coefficient (Wildman–Crippen LogP) is 14.7. The fourth-order valence-corrected chi connectivity index (χ4v) is 10.1. The van der Waals surface area contributed by atoms with Crippen molar-refractivity contribution in [2.75, 3.05) is 0 Å². The fourth-order valence-electron chi connectivity index (χ4n) is 8.82. The molecule has 3 heterocycles. The van der Waals surface area contributed by atoms with Crippen LogP contribution in [0, 0.1) is 0 Å². The number of rotatable bonds is 5. The Morgan fingerprint density at radius 1 is 0.481 bits per heavy atom. The van der Waals surface area contributed by atoms with E-state index in [2.05, 4.69) is 193 Å². The maximum atomic E-state index is 4.22. The highest BCUT2D eigenvalue weighted by atomic mass is 32.1. The van der Waals surface area contributed by atoms with Gasteiger partial charge in [-0.1, -0.05) is 134 Å². The van der Waals surface area contributed by atoms with Gasteiger partial charge in [-0.05, 0) is 82.9 Å². The third-order valence-corrected chi connectivity index (χ3v) is 12.4. The zero-order chi connectivity index (χ0) is 35.9. The van der Waals surface area contributed by atoms with Crippen LogP contribution >= 0.6 is 11.3 Å². The maximum Gasteiger partial charge on any atom is 0.0720 e. The van der Waals surface area contributed by atoms with Crippen molar-refractivity contribution in [3.05, 3.63) is 181 Å². The number of benzene rings is 8. The van der Waals surface area contributed by atoms with E-state index in [1.54, 1.807) is 0 Å². The number of hydrogen-bond donors (Lipinski definition) is 0. The van der Waals surface area contributed by atoms with Crippen molar-refractivity contribution in [2.24, 2.45) is 0 Å². The van der Waals surface area contributed by atoms with E-state index in [9.17, 15) is 0 Å². The van der Waals surface area contributed by atoms with Crippen LogP contribution in [0.15, 0.2) is 170 Å². The second-order valence-electron chi connectivity index (χ2n) is 14.1. The molecule has 11 rings (SSSR count). The quantitative estimate of drug-likeness (QED) is 0.169. The van der Waals surface area contributed by atoms with Gasteiger partial charge in [0.2, 0.25) is 0 Å². The van der Waals surface area contributed by atoms with Crippen molar-refractivity contribution in [2.45, 2.75) is 6.92 Å². The lowest BCUT2D eigenvalue weighted by atomic mass is 10.00. The third kappa shape index (κ3) is 4.39. The van der Waals surface area contributed by atoms with Gasteiger partial charge in [0.05, 0.1) is 38.1 Å². The highest BCUT2D eigenvalue weighted by molar-refractivity contribution is 7.21. The first-order chi connectivity index (χ1) is 26.7. The number of nitrogens with zero attached hydrogens (tertiary/aromatic N) is 2. The molecule has 0 amide bonds. The zero-order valence-corrected chi connectivity index (χ0v) is 30.6. The number of aromatic nitrogens is 2. The van der Waals surface area contributed by atoms with Crippen molar-refractivity contribution < 1.29 is 0 Å². The third-order valence-electron chi connectivity index (χ3n) is 11.2. The van der Waals surface area contributed by atoms with Crippen LogP contribution in [0.1, 0.15) is 17.4 Å². The van der Waals surface area contributed by atoms with Gasteiger partial charge in [0, 0.05) is 42.6 Å². The number of para-hydroxylation sites is 1. The number of allylic oxidation sites excluding steroid dienone is 1. The number of hydrogen-bond acceptors (Lipinski definition) is 1. The minimum atomic E-state index is 1.19. The van der Waals surface area contributed by atoms with Crippen LogP contribution in [0.2, 0.25) is 0 Å². The molecule has 8 aromatic carbocycles. The van der Waals surface area contributed by atoms with Gasteiger partial charge in [0.15, 0.2) is 0 Å². The molecule has 0 spiro atoms. The molecule has 0 aliphatic heterocycles. The van der Waals surface area contributed by atoms with Crippen molar-refractivity contribution in [3.8, 4) is 22.5 Å². The van der Waals surface area contributed by atoms with Crippen LogP contribution in [0.4, 0.5) is 0 Å². The molecular formula is C51H34N2S. The molecule has 3 heteroatoms. The van der Waals surface area contributed by atoms with Crippen LogP contribution in [-0.2, 0) is 0 Å². The Kier molecular flexibility index (Phi) is 6.82. The molecular weight excluding hydrogens is 673 g/mol. The summed E-state index contributed by atoms with van der Waals surface area (Å²) in [6, 6.07) is 58.1. The van der Waals surface area contributed by atoms with Crippen molar-refractivity contribution in [1.82, 2.24) is 9.13 Å². The lowest BCUT2D eigenvalue weighted by Crippen LogP contribution is -1.95. The summed E-state index contributed by atoms with van der Waals surface area (Å²) in [6.07, 6.45) is 6.35. The first kappa shape index (κ1) is 30.9. The lowest BCUT2D eigenvalue weighted by molar-refractivity contribution is 1.20. The standard InChI is InChI=1S/C51H34N2S/c1-3-13-49-36(4-2)41-27-26-40-43-31-35(25-29-48(43)53(50(40)51(41)54-49)45-23-12-17-33-15-6-8-19-38(33)45)34-24-28-47-42(30-34)39-20-9-10-21-46(39)52(47)44-22-11-16-32-14-5-7-18-37(32)44/h3-31H,2H2,1H3/b13-3-. The van der Waals surface area contributed by atoms with E-state index < -0.39 is 0 Å². The molecule has 0 bridgehead atoms. The summed E-state index contributed by atoms with van der Waals surface area (Å²) in [5, 5.41) is 11.2. The molecule has 0 N–H and O–H groups in total. The molecule has 0 fully saturated rings. The van der Waals surface area contributed by atoms with E-state index in [0.717, 1.165) is 0 Å². The van der Waals surface area contributed by atoms with E-state index in [-0.39, 0.29) is 0 Å². The zero-order valence-electron chi connectivity index (χ0n) is 29.8. The summed E-state index contributed by atoms with van der Waals surface area (Å²) in [4.78, 5) is 1.24. The van der Waals surface area contributed by atoms with Crippen LogP contribution in [0.5, 0.6) is 0 Å². The second-order valence-corrected chi connectivity index (χ2v) is 15.1. The molecule has 3 aromatic heterocycles. The summed E-state index contributed by atoms with van der Waals surface area (Å²) < 4.78 is 6.22. The first-order valence-electron chi connectivity index (χ1n) is 18.5. The van der Waals surface area contributed by atoms with Gasteiger partial charge < -0.3 is 9.13 Å². The normalized spacial score (nSPS) is 12.2. The molecule has 0 atom stereocenters. The van der Waals surface area contributed by atoms with Crippen LogP contribution in [0.3, 0.4) is 0 Å². The van der Waals surface area contributed by atoms with Crippen LogP contribution in [0.25, 0.3) is 110 Å². The smallest absolute Gasteiger partial charge is 0.0720 e. The Morgan fingerprint density at radius 2 is 1.02 bits per heavy atom. The molecule has 254 valence electrons. The summed E-state index contributed by atoms with van der Waals surface area (Å²) in [6.45, 7) is 6.31. The average molecular weight is 707 g/mol. The highest BCUT2D eigenvalue weighted by Crippen LogP contribution is 2.45. The Bertz CT molecular complexity index is 3360. The Labute approximate surface area is 316 Å². The van der Waals surface area contributed by atoms with Gasteiger partial charge in [-0.25, -0.2) is 0 Å². The minimum Gasteiger partial charge on any atom is -0.309 e. The van der Waals surface area contributed by atoms with E-state index in [0.29, 0.717) is 0 Å². The fraction of sp³-hybridized carbons (Fsp3) is 0.0196. The van der Waals surface area contributed by atoms with Crippen molar-refractivity contribution in [3.63, 3.8) is 0 Å². The first-order valence-corrected chi connectivity index (χ1v) is 19.3. The SMILES string of the molecule is C=Cc1c(/C=C\C)sc2c1ccc1c3cc(-c4ccc5c(c4)c4ccccc4n5-c4cccc5ccccc45)ccc3n(-c3cccc4ccccc34)c12. The average Bonchev–Trinajstić information content (AvgIpc) is 3.87. The molecule has 0 unspecified atom stereocenters. The Balaban J connectivity index is 1.18. The molecule has 0 aliphatic rings. The number of fused-ring (bicyclic) bond motifs is 10. The van der Waals surface area contributed by atoms with E-state index in [1.807, 2.05) is 17.4 Å². The molecule has 0 aliphatic carbocycles. The van der Waals surface area contributed by atoms with Crippen LogP contribution < -0.4 is 0 Å². The summed E-state index contributed by atoms with van der Waals surface area (Å²) in [5.41, 5.74) is 10.9. The highest BCUT2D eigenvalue weighted by Gasteiger charge is 2.21. The monoisotopic (exact) mass is 706 g/mol. The van der Waals surface area contributed by atoms with Gasteiger partial charge in [0.1, 0.15) is 0 Å². The molecule has 11 aromatic rings. The Hall–Kier alpha value is -6.68. The van der Waals surface area contributed by atoms with Gasteiger partial charge >= 0.3 is 0 Å². The minimum absolute atomic E-state index is 1.19. The summed E-state index contributed by atoms with van der Waals surface area (Å²) in [7, 11) is 0. The second kappa shape index (κ2) is 11.9. The van der Waals surface area contributed by atoms with E-state index in [4.69, 9.17) is 0 Å². The topological polar surface area (TPSA) is 9.86 Å². The molecule has 0 saturated carbocycles. The van der Waals surface area contributed by atoms with Gasteiger partial charge in [0.25, 0.3) is 0 Å². The summed E-state index contributed by atoms with van der Waals surface area (Å²) in [5.74, 6) is 0. The predicted molar refractivity (Wildman–Crippen MR) is 236 cm³/mol. The molecule has 2 nitrogen and oxygen atoms in total. The van der Waals surface area contributed by atoms with Gasteiger partial charge in [-0.15, -0.1) is 11.3 Å². The van der Waals surface area contributed by atoms with E-state index >= 15 is 0 Å². The molecule has 0 radical (unpaired) electrons. The van der Waals surface area contributed by atoms with Gasteiger partial charge in [-0.3, -0.25) is 0 Å². The van der Waals surface area contributed by atoms with Crippen molar-refractivity contribution in [1.29, 1.82) is 0 Å². The number of thiophene rings is 1.